The van der Waals surface area contributed by atoms with E-state index in [9.17, 15) is 9.59 Å². The number of aromatic nitrogens is 1. The number of nitrogens with zero attached hydrogens (tertiary/aromatic N) is 1. The smallest absolute Gasteiger partial charge is 0.234 e. The largest absolute Gasteiger partial charge is 0.495 e. The molecule has 2 amide bonds. The first-order valence-electron chi connectivity index (χ1n) is 7.77. The average molecular weight is 329 g/mol. The molecular weight excluding hydrogens is 310 g/mol. The standard InChI is InChI=1S/C17H19N3O4/c1-4-12-9(2)17(24-20-12)19-16(22)11-8-14(21)18-15-10(11)6-5-7-13(15)23-3/h5-7,11H,4,8H2,1-3H3,(H,18,21)(H,19,22). The Labute approximate surface area is 139 Å². The number of para-hydroxylation sites is 1. The van der Waals surface area contributed by atoms with Gasteiger partial charge in [0.15, 0.2) is 0 Å². The van der Waals surface area contributed by atoms with Crippen LogP contribution in [-0.2, 0) is 16.0 Å². The molecule has 1 aromatic carbocycles. The number of anilines is 2. The van der Waals surface area contributed by atoms with Crippen molar-refractivity contribution < 1.29 is 18.8 Å². The second-order valence-electron chi connectivity index (χ2n) is 5.66. The lowest BCUT2D eigenvalue weighted by atomic mass is 9.89. The Morgan fingerprint density at radius 1 is 1.50 bits per heavy atom. The molecular formula is C17H19N3O4. The van der Waals surface area contributed by atoms with Crippen LogP contribution in [0.25, 0.3) is 0 Å². The van der Waals surface area contributed by atoms with Gasteiger partial charge in [0.2, 0.25) is 17.7 Å². The third kappa shape index (κ3) is 2.73. The minimum atomic E-state index is -0.613. The zero-order valence-corrected chi connectivity index (χ0v) is 13.8. The molecule has 1 unspecified atom stereocenters. The Balaban J connectivity index is 1.91. The molecule has 0 spiro atoms. The summed E-state index contributed by atoms with van der Waals surface area (Å²) in [6, 6.07) is 5.35. The number of rotatable bonds is 4. The molecule has 0 saturated heterocycles. The molecule has 0 bridgehead atoms. The summed E-state index contributed by atoms with van der Waals surface area (Å²) in [6.07, 6.45) is 0.789. The molecule has 3 rings (SSSR count). The van der Waals surface area contributed by atoms with Crippen LogP contribution in [0.1, 0.15) is 36.1 Å². The van der Waals surface area contributed by atoms with Gasteiger partial charge in [-0.15, -0.1) is 0 Å². The van der Waals surface area contributed by atoms with Gasteiger partial charge in [0.25, 0.3) is 0 Å². The highest BCUT2D eigenvalue weighted by atomic mass is 16.5. The van der Waals surface area contributed by atoms with Gasteiger partial charge in [-0.2, -0.15) is 0 Å². The van der Waals surface area contributed by atoms with E-state index in [0.29, 0.717) is 17.3 Å². The number of fused-ring (bicyclic) bond motifs is 1. The third-order valence-electron chi connectivity index (χ3n) is 4.22. The summed E-state index contributed by atoms with van der Waals surface area (Å²) < 4.78 is 10.5. The second kappa shape index (κ2) is 6.35. The fourth-order valence-electron chi connectivity index (χ4n) is 2.88. The van der Waals surface area contributed by atoms with Gasteiger partial charge in [0.1, 0.15) is 5.75 Å². The van der Waals surface area contributed by atoms with Crippen molar-refractivity contribution in [3.63, 3.8) is 0 Å². The molecule has 126 valence electrons. The molecule has 24 heavy (non-hydrogen) atoms. The number of methoxy groups -OCH3 is 1. The van der Waals surface area contributed by atoms with Crippen molar-refractivity contribution in [1.29, 1.82) is 0 Å². The van der Waals surface area contributed by atoms with Crippen LogP contribution in [0.5, 0.6) is 5.75 Å². The topological polar surface area (TPSA) is 93.5 Å². The molecule has 1 aliphatic heterocycles. The molecule has 0 radical (unpaired) electrons. The van der Waals surface area contributed by atoms with Crippen LogP contribution >= 0.6 is 0 Å². The lowest BCUT2D eigenvalue weighted by Crippen LogP contribution is -2.31. The maximum atomic E-state index is 12.7. The number of aryl methyl sites for hydroxylation is 1. The van der Waals surface area contributed by atoms with E-state index in [-0.39, 0.29) is 18.2 Å². The van der Waals surface area contributed by atoms with E-state index in [1.165, 1.54) is 7.11 Å². The normalized spacial score (nSPS) is 16.3. The van der Waals surface area contributed by atoms with Gasteiger partial charge in [0, 0.05) is 12.0 Å². The van der Waals surface area contributed by atoms with Crippen molar-refractivity contribution in [3.8, 4) is 5.75 Å². The summed E-state index contributed by atoms with van der Waals surface area (Å²) in [7, 11) is 1.52. The number of nitrogens with one attached hydrogen (secondary N) is 2. The van der Waals surface area contributed by atoms with Gasteiger partial charge in [-0.05, 0) is 25.0 Å². The van der Waals surface area contributed by atoms with Crippen molar-refractivity contribution in [3.05, 3.63) is 35.0 Å². The summed E-state index contributed by atoms with van der Waals surface area (Å²) in [6.45, 7) is 3.81. The maximum Gasteiger partial charge on any atom is 0.234 e. The number of amides is 2. The molecule has 1 aromatic heterocycles. The average Bonchev–Trinajstić information content (AvgIpc) is 2.93. The number of carbonyl (C=O) groups excluding carboxylic acids is 2. The van der Waals surface area contributed by atoms with E-state index in [1.807, 2.05) is 19.9 Å². The second-order valence-corrected chi connectivity index (χ2v) is 5.66. The number of benzene rings is 1. The van der Waals surface area contributed by atoms with Crippen molar-refractivity contribution in [2.45, 2.75) is 32.6 Å². The van der Waals surface area contributed by atoms with Crippen molar-refractivity contribution in [2.24, 2.45) is 0 Å². The maximum absolute atomic E-state index is 12.7. The summed E-state index contributed by atoms with van der Waals surface area (Å²) in [4.78, 5) is 24.7. The summed E-state index contributed by atoms with van der Waals surface area (Å²) in [5.41, 5.74) is 2.87. The molecule has 7 heteroatoms. The molecule has 1 aliphatic rings. The lowest BCUT2D eigenvalue weighted by molar-refractivity contribution is -0.123. The fourth-order valence-corrected chi connectivity index (χ4v) is 2.88. The highest BCUT2D eigenvalue weighted by molar-refractivity contribution is 6.05. The van der Waals surface area contributed by atoms with Gasteiger partial charge < -0.3 is 14.6 Å². The van der Waals surface area contributed by atoms with Crippen LogP contribution in [0, 0.1) is 6.92 Å². The van der Waals surface area contributed by atoms with E-state index < -0.39 is 5.92 Å². The van der Waals surface area contributed by atoms with Crippen molar-refractivity contribution in [2.75, 3.05) is 17.7 Å². The van der Waals surface area contributed by atoms with E-state index in [0.717, 1.165) is 23.2 Å². The van der Waals surface area contributed by atoms with Crippen molar-refractivity contribution in [1.82, 2.24) is 5.16 Å². The van der Waals surface area contributed by atoms with Crippen molar-refractivity contribution >= 4 is 23.4 Å². The molecule has 2 heterocycles. The minimum absolute atomic E-state index is 0.0693. The first-order chi connectivity index (χ1) is 11.5. The van der Waals surface area contributed by atoms with Crippen LogP contribution in [-0.4, -0.2) is 24.1 Å². The van der Waals surface area contributed by atoms with Gasteiger partial charge in [-0.3, -0.25) is 14.9 Å². The predicted octanol–water partition coefficient (Wildman–Crippen LogP) is 2.62. The first kappa shape index (κ1) is 16.0. The van der Waals surface area contributed by atoms with Crippen LogP contribution < -0.4 is 15.4 Å². The number of ether oxygens (including phenoxy) is 1. The van der Waals surface area contributed by atoms with Crippen LogP contribution in [0.15, 0.2) is 22.7 Å². The summed E-state index contributed by atoms with van der Waals surface area (Å²) in [5, 5.41) is 9.45. The van der Waals surface area contributed by atoms with Crippen LogP contribution in [0.4, 0.5) is 11.6 Å². The zero-order chi connectivity index (χ0) is 17.3. The molecule has 1 atom stereocenters. The Bertz CT molecular complexity index is 797. The highest BCUT2D eigenvalue weighted by Gasteiger charge is 2.33. The molecule has 0 saturated carbocycles. The SMILES string of the molecule is CCc1noc(NC(=O)C2CC(=O)Nc3c(OC)cccc32)c1C. The number of hydrogen-bond donors (Lipinski definition) is 2. The summed E-state index contributed by atoms with van der Waals surface area (Å²) >= 11 is 0. The highest BCUT2D eigenvalue weighted by Crippen LogP contribution is 2.39. The molecule has 2 aromatic rings. The van der Waals surface area contributed by atoms with Gasteiger partial charge in [-0.1, -0.05) is 24.2 Å². The Morgan fingerprint density at radius 2 is 2.29 bits per heavy atom. The number of carbonyl (C=O) groups is 2. The molecule has 7 nitrogen and oxygen atoms in total. The van der Waals surface area contributed by atoms with E-state index in [2.05, 4.69) is 15.8 Å². The Kier molecular flexibility index (Phi) is 4.24. The quantitative estimate of drug-likeness (QED) is 0.899. The molecule has 0 fully saturated rings. The Morgan fingerprint density at radius 3 is 2.96 bits per heavy atom. The third-order valence-corrected chi connectivity index (χ3v) is 4.22. The van der Waals surface area contributed by atoms with Gasteiger partial charge in [0.05, 0.1) is 24.4 Å². The monoisotopic (exact) mass is 329 g/mol. The zero-order valence-electron chi connectivity index (χ0n) is 13.8. The molecule has 2 N–H and O–H groups in total. The van der Waals surface area contributed by atoms with E-state index in [1.54, 1.807) is 12.1 Å². The van der Waals surface area contributed by atoms with Gasteiger partial charge in [-0.25, -0.2) is 0 Å². The van der Waals surface area contributed by atoms with Gasteiger partial charge >= 0.3 is 0 Å². The van der Waals surface area contributed by atoms with Crippen LogP contribution in [0.3, 0.4) is 0 Å². The predicted molar refractivity (Wildman–Crippen MR) is 88.2 cm³/mol. The van der Waals surface area contributed by atoms with Crippen LogP contribution in [0.2, 0.25) is 0 Å². The number of hydrogen-bond acceptors (Lipinski definition) is 5. The first-order valence-corrected chi connectivity index (χ1v) is 7.77. The van der Waals surface area contributed by atoms with E-state index in [4.69, 9.17) is 9.26 Å². The summed E-state index contributed by atoms with van der Waals surface area (Å²) in [5.74, 6) is -0.287. The Hall–Kier alpha value is -2.83. The fraction of sp³-hybridized carbons (Fsp3) is 0.353. The lowest BCUT2D eigenvalue weighted by Gasteiger charge is -2.25. The molecule has 0 aliphatic carbocycles. The minimum Gasteiger partial charge on any atom is -0.495 e. The van der Waals surface area contributed by atoms with E-state index >= 15 is 0 Å².